The van der Waals surface area contributed by atoms with Crippen LogP contribution in [0.4, 0.5) is 4.79 Å². The fraction of sp³-hybridized carbons (Fsp3) is 0.588. The van der Waals surface area contributed by atoms with E-state index in [0.717, 1.165) is 0 Å². The molecule has 1 aromatic rings. The standard InChI is InChI=1S/C17H27N3O5/c1-12(2)10-24-14-13(15(21)22)9-18-20(14)8-7-17(3,4)11-25-16(23)19(5)6/h7-9,12H,10-11H2,1-6H3,(H,21,22)/b8-7+. The predicted octanol–water partition coefficient (Wildman–Crippen LogP) is 2.81. The molecule has 1 rings (SSSR count). The first-order valence-electron chi connectivity index (χ1n) is 8.00. The third-order valence-corrected chi connectivity index (χ3v) is 3.13. The van der Waals surface area contributed by atoms with Crippen LogP contribution in [0.25, 0.3) is 6.20 Å². The van der Waals surface area contributed by atoms with Gasteiger partial charge in [0.15, 0.2) is 0 Å². The first-order valence-corrected chi connectivity index (χ1v) is 8.00. The van der Waals surface area contributed by atoms with Crippen LogP contribution in [0.15, 0.2) is 12.3 Å². The Hall–Kier alpha value is -2.51. The van der Waals surface area contributed by atoms with Gasteiger partial charge in [0.2, 0.25) is 5.88 Å². The van der Waals surface area contributed by atoms with Crippen LogP contribution >= 0.6 is 0 Å². The minimum Gasteiger partial charge on any atom is -0.477 e. The number of carbonyl (C=O) groups excluding carboxylic acids is 1. The topological polar surface area (TPSA) is 93.9 Å². The molecule has 0 bridgehead atoms. The molecule has 0 unspecified atom stereocenters. The number of aromatic carboxylic acids is 1. The smallest absolute Gasteiger partial charge is 0.409 e. The number of amides is 1. The number of carboxylic acids is 1. The van der Waals surface area contributed by atoms with E-state index in [-0.39, 0.29) is 24.0 Å². The number of hydrogen-bond acceptors (Lipinski definition) is 5. The molecule has 8 heteroatoms. The third-order valence-electron chi connectivity index (χ3n) is 3.13. The fourth-order valence-electron chi connectivity index (χ4n) is 1.69. The first kappa shape index (κ1) is 20.5. The van der Waals surface area contributed by atoms with Gasteiger partial charge in [-0.05, 0) is 5.92 Å². The van der Waals surface area contributed by atoms with Crippen LogP contribution in [0.2, 0.25) is 0 Å². The van der Waals surface area contributed by atoms with Gasteiger partial charge in [0.05, 0.1) is 12.8 Å². The monoisotopic (exact) mass is 353 g/mol. The van der Waals surface area contributed by atoms with Crippen molar-refractivity contribution < 1.29 is 24.2 Å². The summed E-state index contributed by atoms with van der Waals surface area (Å²) in [6.07, 6.45) is 4.23. The number of nitrogens with zero attached hydrogens (tertiary/aromatic N) is 3. The van der Waals surface area contributed by atoms with Crippen molar-refractivity contribution in [3.05, 3.63) is 17.8 Å². The second-order valence-electron chi connectivity index (χ2n) is 7.07. The molecule has 0 aliphatic heterocycles. The summed E-state index contributed by atoms with van der Waals surface area (Å²) < 4.78 is 12.2. The van der Waals surface area contributed by atoms with E-state index in [4.69, 9.17) is 9.47 Å². The number of hydrogen-bond donors (Lipinski definition) is 1. The van der Waals surface area contributed by atoms with Crippen LogP contribution in [-0.4, -0.2) is 59.2 Å². The fourth-order valence-corrected chi connectivity index (χ4v) is 1.69. The maximum absolute atomic E-state index is 11.5. The van der Waals surface area contributed by atoms with Crippen LogP contribution in [0.1, 0.15) is 38.1 Å². The van der Waals surface area contributed by atoms with Crippen LogP contribution in [0, 0.1) is 11.3 Å². The highest BCUT2D eigenvalue weighted by Crippen LogP contribution is 2.23. The zero-order valence-electron chi connectivity index (χ0n) is 15.6. The Morgan fingerprint density at radius 1 is 1.40 bits per heavy atom. The molecule has 25 heavy (non-hydrogen) atoms. The second kappa shape index (κ2) is 8.55. The minimum absolute atomic E-state index is 0.00198. The van der Waals surface area contributed by atoms with E-state index in [1.165, 1.54) is 15.8 Å². The number of carbonyl (C=O) groups is 2. The van der Waals surface area contributed by atoms with Crippen molar-refractivity contribution in [2.45, 2.75) is 27.7 Å². The zero-order valence-corrected chi connectivity index (χ0v) is 15.6. The number of ether oxygens (including phenoxy) is 2. The normalized spacial score (nSPS) is 11.8. The Kier molecular flexibility index (Phi) is 7.02. The largest absolute Gasteiger partial charge is 0.477 e. The molecule has 1 heterocycles. The van der Waals surface area contributed by atoms with Gasteiger partial charge in [-0.25, -0.2) is 14.3 Å². The van der Waals surface area contributed by atoms with E-state index in [9.17, 15) is 14.7 Å². The van der Waals surface area contributed by atoms with E-state index in [2.05, 4.69) is 5.10 Å². The molecule has 0 spiro atoms. The zero-order chi connectivity index (χ0) is 19.2. The van der Waals surface area contributed by atoms with E-state index in [1.54, 1.807) is 26.4 Å². The van der Waals surface area contributed by atoms with Crippen molar-refractivity contribution in [2.75, 3.05) is 27.3 Å². The maximum Gasteiger partial charge on any atom is 0.409 e. The van der Waals surface area contributed by atoms with Gasteiger partial charge in [-0.3, -0.25) is 0 Å². The highest BCUT2D eigenvalue weighted by Gasteiger charge is 2.20. The van der Waals surface area contributed by atoms with Crippen LogP contribution < -0.4 is 4.74 Å². The van der Waals surface area contributed by atoms with Gasteiger partial charge < -0.3 is 19.5 Å². The lowest BCUT2D eigenvalue weighted by Gasteiger charge is -2.21. The van der Waals surface area contributed by atoms with Gasteiger partial charge in [0.25, 0.3) is 0 Å². The van der Waals surface area contributed by atoms with E-state index in [0.29, 0.717) is 6.61 Å². The molecule has 0 saturated heterocycles. The average Bonchev–Trinajstić information content (AvgIpc) is 2.91. The first-order chi connectivity index (χ1) is 11.5. The highest BCUT2D eigenvalue weighted by molar-refractivity contribution is 5.90. The molecule has 140 valence electrons. The molecule has 0 saturated carbocycles. The van der Waals surface area contributed by atoms with Crippen molar-refractivity contribution in [1.82, 2.24) is 14.7 Å². The maximum atomic E-state index is 11.5. The van der Waals surface area contributed by atoms with E-state index < -0.39 is 17.5 Å². The number of carboxylic acid groups (broad SMARTS) is 1. The Balaban J connectivity index is 2.91. The van der Waals surface area contributed by atoms with Crippen molar-refractivity contribution in [1.29, 1.82) is 0 Å². The van der Waals surface area contributed by atoms with Gasteiger partial charge in [0.1, 0.15) is 12.2 Å². The molecule has 1 aromatic heterocycles. The van der Waals surface area contributed by atoms with Crippen LogP contribution in [0.5, 0.6) is 5.88 Å². The SMILES string of the molecule is CC(C)COc1c(C(=O)O)cnn1/C=C/C(C)(C)COC(=O)N(C)C. The molecular formula is C17H27N3O5. The predicted molar refractivity (Wildman–Crippen MR) is 93.7 cm³/mol. The Bertz CT molecular complexity index is 632. The number of rotatable bonds is 8. The lowest BCUT2D eigenvalue weighted by atomic mass is 9.95. The molecular weight excluding hydrogens is 326 g/mol. The summed E-state index contributed by atoms with van der Waals surface area (Å²) in [5.74, 6) is -0.674. The molecule has 0 radical (unpaired) electrons. The Morgan fingerprint density at radius 2 is 2.04 bits per heavy atom. The van der Waals surface area contributed by atoms with Gasteiger partial charge in [-0.2, -0.15) is 5.10 Å². The van der Waals surface area contributed by atoms with Crippen molar-refractivity contribution in [2.24, 2.45) is 11.3 Å². The van der Waals surface area contributed by atoms with Gasteiger partial charge in [0, 0.05) is 25.7 Å². The highest BCUT2D eigenvalue weighted by atomic mass is 16.6. The van der Waals surface area contributed by atoms with Gasteiger partial charge in [-0.15, -0.1) is 0 Å². The molecule has 0 fully saturated rings. The minimum atomic E-state index is -1.10. The van der Waals surface area contributed by atoms with Crippen molar-refractivity contribution >= 4 is 18.3 Å². The molecule has 8 nitrogen and oxygen atoms in total. The quantitative estimate of drug-likeness (QED) is 0.772. The second-order valence-corrected chi connectivity index (χ2v) is 7.07. The summed E-state index contributed by atoms with van der Waals surface area (Å²) in [5, 5.41) is 13.3. The summed E-state index contributed by atoms with van der Waals surface area (Å²) in [6.45, 7) is 8.28. The summed E-state index contributed by atoms with van der Waals surface area (Å²) >= 11 is 0. The lowest BCUT2D eigenvalue weighted by Crippen LogP contribution is -2.27. The Labute approximate surface area is 148 Å². The van der Waals surface area contributed by atoms with E-state index in [1.807, 2.05) is 27.7 Å². The molecule has 0 aliphatic carbocycles. The molecule has 1 N–H and O–H groups in total. The van der Waals surface area contributed by atoms with Crippen molar-refractivity contribution in [3.63, 3.8) is 0 Å². The number of aromatic nitrogens is 2. The summed E-state index contributed by atoms with van der Waals surface area (Å²) in [4.78, 5) is 24.2. The molecule has 0 aromatic carbocycles. The third kappa shape index (κ3) is 6.48. The molecule has 0 aliphatic rings. The average molecular weight is 353 g/mol. The molecule has 0 atom stereocenters. The lowest BCUT2D eigenvalue weighted by molar-refractivity contribution is 0.0691. The van der Waals surface area contributed by atoms with Crippen molar-refractivity contribution in [3.8, 4) is 5.88 Å². The van der Waals surface area contributed by atoms with E-state index >= 15 is 0 Å². The summed E-state index contributed by atoms with van der Waals surface area (Å²) in [5.41, 5.74) is -0.460. The van der Waals surface area contributed by atoms with Crippen LogP contribution in [0.3, 0.4) is 0 Å². The molecule has 1 amide bonds. The van der Waals surface area contributed by atoms with Gasteiger partial charge in [-0.1, -0.05) is 33.8 Å². The summed E-state index contributed by atoms with van der Waals surface area (Å²) in [7, 11) is 3.22. The van der Waals surface area contributed by atoms with Gasteiger partial charge >= 0.3 is 12.1 Å². The Morgan fingerprint density at radius 3 is 2.56 bits per heavy atom. The summed E-state index contributed by atoms with van der Waals surface area (Å²) in [6, 6.07) is 0. The van der Waals surface area contributed by atoms with Crippen LogP contribution in [-0.2, 0) is 4.74 Å².